The minimum Gasteiger partial charge on any atom is -0.445 e. The van der Waals surface area contributed by atoms with E-state index in [1.54, 1.807) is 24.5 Å². The highest BCUT2D eigenvalue weighted by molar-refractivity contribution is 5.93. The van der Waals surface area contributed by atoms with Crippen molar-refractivity contribution in [1.82, 2.24) is 26.3 Å². The number of alkyl carbamates (subject to hydrolysis) is 1. The Hall–Kier alpha value is -5.29. The average Bonchev–Trinajstić information content (AvgIpc) is 3.16. The van der Waals surface area contributed by atoms with Gasteiger partial charge in [0.2, 0.25) is 17.7 Å². The van der Waals surface area contributed by atoms with Crippen LogP contribution in [0, 0.1) is 11.8 Å². The molecule has 11 heteroatoms. The van der Waals surface area contributed by atoms with E-state index < -0.39 is 42.1 Å². The third-order valence-electron chi connectivity index (χ3n) is 9.20. The molecule has 0 saturated carbocycles. The Bertz CT molecular complexity index is 1760. The summed E-state index contributed by atoms with van der Waals surface area (Å²) in [5, 5.41) is 24.5. The third-order valence-corrected chi connectivity index (χ3v) is 9.20. The van der Waals surface area contributed by atoms with E-state index in [-0.39, 0.29) is 37.7 Å². The molecule has 0 aliphatic rings. The topological polar surface area (TPSA) is 159 Å². The number of carbonyl (C=O) groups is 4. The van der Waals surface area contributed by atoms with Gasteiger partial charge in [-0.05, 0) is 57.9 Å². The second-order valence-electron chi connectivity index (χ2n) is 14.1. The molecule has 0 bridgehead atoms. The predicted molar refractivity (Wildman–Crippen MR) is 206 cm³/mol. The van der Waals surface area contributed by atoms with Gasteiger partial charge in [-0.3, -0.25) is 19.4 Å². The van der Waals surface area contributed by atoms with Gasteiger partial charge < -0.3 is 31.1 Å². The summed E-state index contributed by atoms with van der Waals surface area (Å²) in [5.41, 5.74) is 2.36. The van der Waals surface area contributed by atoms with Crippen LogP contribution in [0.1, 0.15) is 63.6 Å². The molecule has 282 valence electrons. The number of nitrogens with one attached hydrogen (secondary N) is 4. The Morgan fingerprint density at radius 1 is 0.755 bits per heavy atom. The molecule has 2 unspecified atom stereocenters. The number of fused-ring (bicyclic) bond motifs is 1. The van der Waals surface area contributed by atoms with Gasteiger partial charge in [0, 0.05) is 31.8 Å². The Morgan fingerprint density at radius 3 is 2.13 bits per heavy atom. The predicted octanol–water partition coefficient (Wildman–Crippen LogP) is 5.24. The number of pyridine rings is 1. The van der Waals surface area contributed by atoms with Gasteiger partial charge in [-0.2, -0.15) is 0 Å². The van der Waals surface area contributed by atoms with Gasteiger partial charge in [-0.15, -0.1) is 0 Å². The zero-order valence-electron chi connectivity index (χ0n) is 31.1. The molecular weight excluding hydrogens is 670 g/mol. The normalized spacial score (nSPS) is 14.0. The van der Waals surface area contributed by atoms with Crippen LogP contribution in [0.15, 0.2) is 97.3 Å². The van der Waals surface area contributed by atoms with Crippen LogP contribution in [-0.2, 0) is 38.6 Å². The fourth-order valence-electron chi connectivity index (χ4n) is 5.98. The number of aliphatic hydroxyl groups excluding tert-OH is 1. The Labute approximate surface area is 312 Å². The summed E-state index contributed by atoms with van der Waals surface area (Å²) in [6, 6.07) is 23.3. The largest absolute Gasteiger partial charge is 0.445 e. The summed E-state index contributed by atoms with van der Waals surface area (Å²) in [7, 11) is 0. The Morgan fingerprint density at radius 2 is 1.42 bits per heavy atom. The number of carbonyl (C=O) groups excluding carboxylic acids is 4. The van der Waals surface area contributed by atoms with E-state index in [9.17, 15) is 24.3 Å². The molecule has 4 amide bonds. The summed E-state index contributed by atoms with van der Waals surface area (Å²) in [6.45, 7) is 8.51. The molecular formula is C42H53N5O6. The van der Waals surface area contributed by atoms with Crippen molar-refractivity contribution in [1.29, 1.82) is 0 Å². The Balaban J connectivity index is 1.56. The third kappa shape index (κ3) is 13.3. The number of aromatic nitrogens is 1. The summed E-state index contributed by atoms with van der Waals surface area (Å²) < 4.78 is 5.49. The molecule has 0 aliphatic carbocycles. The van der Waals surface area contributed by atoms with Gasteiger partial charge in [0.15, 0.2) is 0 Å². The van der Waals surface area contributed by atoms with Crippen LogP contribution in [0.2, 0.25) is 0 Å². The molecule has 4 rings (SSSR count). The summed E-state index contributed by atoms with van der Waals surface area (Å²) in [4.78, 5) is 58.2. The molecule has 4 aromatic rings. The first kappa shape index (κ1) is 40.5. The van der Waals surface area contributed by atoms with Crippen molar-refractivity contribution in [2.45, 2.75) is 90.6 Å². The van der Waals surface area contributed by atoms with E-state index in [1.165, 1.54) is 0 Å². The maximum atomic E-state index is 14.2. The highest BCUT2D eigenvalue weighted by Gasteiger charge is 2.31. The smallest absolute Gasteiger partial charge is 0.408 e. The molecule has 1 heterocycles. The van der Waals surface area contributed by atoms with Crippen LogP contribution in [0.3, 0.4) is 0 Å². The van der Waals surface area contributed by atoms with E-state index >= 15 is 0 Å². The SMILES string of the molecule is CCC(C)CNC(=O)C[C@H](O)[C@H](CC(C)C)NC(=O)C(Cc1ccncc1)NC(=O)[C@H](Cc1cccc2ccccc12)NC(=O)OCc1ccccc1. The van der Waals surface area contributed by atoms with E-state index in [0.717, 1.165) is 33.9 Å². The van der Waals surface area contributed by atoms with Crippen molar-refractivity contribution >= 4 is 34.6 Å². The second kappa shape index (κ2) is 20.7. The van der Waals surface area contributed by atoms with Crippen molar-refractivity contribution in [3.05, 3.63) is 114 Å². The lowest BCUT2D eigenvalue weighted by molar-refractivity contribution is -0.131. The van der Waals surface area contributed by atoms with Gasteiger partial charge >= 0.3 is 6.09 Å². The van der Waals surface area contributed by atoms with Gasteiger partial charge in [-0.25, -0.2) is 4.79 Å². The number of nitrogens with zero attached hydrogens (tertiary/aromatic N) is 1. The van der Waals surface area contributed by atoms with Crippen molar-refractivity contribution in [2.24, 2.45) is 11.8 Å². The second-order valence-corrected chi connectivity index (χ2v) is 14.1. The summed E-state index contributed by atoms with van der Waals surface area (Å²) in [5.74, 6) is -1.04. The van der Waals surface area contributed by atoms with Gasteiger partial charge in [0.05, 0.1) is 18.6 Å². The standard InChI is InChI=1S/C42H53N5O6/c1-5-29(4)26-44-39(49)25-38(48)35(22-28(2)3)45-40(50)36(23-30-18-20-43-21-19-30)46-41(51)37(47-42(52)53-27-31-12-7-6-8-13-31)24-33-16-11-15-32-14-9-10-17-34(32)33/h6-21,28-29,35-38,48H,5,22-27H2,1-4H3,(H,44,49)(H,45,50)(H,46,51)(H,47,52)/t29?,35-,36?,37-,38-/m0/s1. The van der Waals surface area contributed by atoms with E-state index in [4.69, 9.17) is 4.74 Å². The molecule has 0 radical (unpaired) electrons. The summed E-state index contributed by atoms with van der Waals surface area (Å²) >= 11 is 0. The molecule has 0 fully saturated rings. The number of amides is 4. The minimum atomic E-state index is -1.16. The molecule has 5 atom stereocenters. The van der Waals surface area contributed by atoms with Crippen LogP contribution >= 0.6 is 0 Å². The lowest BCUT2D eigenvalue weighted by atomic mass is 9.95. The number of hydrogen-bond acceptors (Lipinski definition) is 7. The van der Waals surface area contributed by atoms with Crippen LogP contribution in [0.25, 0.3) is 10.8 Å². The molecule has 53 heavy (non-hydrogen) atoms. The maximum Gasteiger partial charge on any atom is 0.408 e. The highest BCUT2D eigenvalue weighted by atomic mass is 16.5. The van der Waals surface area contributed by atoms with E-state index in [0.29, 0.717) is 18.9 Å². The van der Waals surface area contributed by atoms with Crippen molar-refractivity contribution in [3.8, 4) is 0 Å². The first-order valence-corrected chi connectivity index (χ1v) is 18.4. The van der Waals surface area contributed by atoms with Gasteiger partial charge in [-0.1, -0.05) is 107 Å². The monoisotopic (exact) mass is 723 g/mol. The molecule has 5 N–H and O–H groups in total. The Kier molecular flexibility index (Phi) is 15.8. The van der Waals surface area contributed by atoms with Crippen LogP contribution < -0.4 is 21.3 Å². The minimum absolute atomic E-state index is 0.0115. The fourth-order valence-corrected chi connectivity index (χ4v) is 5.98. The first-order valence-electron chi connectivity index (χ1n) is 18.4. The molecule has 11 nitrogen and oxygen atoms in total. The molecule has 0 saturated heterocycles. The van der Waals surface area contributed by atoms with Crippen LogP contribution in [0.4, 0.5) is 4.79 Å². The quantitative estimate of drug-likeness (QED) is 0.0885. The van der Waals surface area contributed by atoms with Crippen LogP contribution in [0.5, 0.6) is 0 Å². The number of benzene rings is 3. The maximum absolute atomic E-state index is 14.2. The molecule has 3 aromatic carbocycles. The lowest BCUT2D eigenvalue weighted by Crippen LogP contribution is -2.57. The molecule has 1 aromatic heterocycles. The zero-order valence-corrected chi connectivity index (χ0v) is 31.1. The van der Waals surface area contributed by atoms with Crippen LogP contribution in [-0.4, -0.2) is 64.7 Å². The number of aliphatic hydroxyl groups is 1. The first-order chi connectivity index (χ1) is 25.5. The highest BCUT2D eigenvalue weighted by Crippen LogP contribution is 2.20. The molecule has 0 aliphatic heterocycles. The zero-order chi connectivity index (χ0) is 38.2. The fraction of sp³-hybridized carbons (Fsp3) is 0.405. The van der Waals surface area contributed by atoms with E-state index in [1.807, 2.05) is 100 Å². The number of rotatable bonds is 19. The van der Waals surface area contributed by atoms with Crippen molar-refractivity contribution < 1.29 is 29.0 Å². The average molecular weight is 724 g/mol. The molecule has 0 spiro atoms. The summed E-state index contributed by atoms with van der Waals surface area (Å²) in [6.07, 6.45) is 2.62. The van der Waals surface area contributed by atoms with Gasteiger partial charge in [0.25, 0.3) is 0 Å². The van der Waals surface area contributed by atoms with Gasteiger partial charge in [0.1, 0.15) is 18.7 Å². The van der Waals surface area contributed by atoms with Crippen molar-refractivity contribution in [2.75, 3.05) is 6.54 Å². The van der Waals surface area contributed by atoms with Crippen molar-refractivity contribution in [3.63, 3.8) is 0 Å². The number of ether oxygens (including phenoxy) is 1. The number of hydrogen-bond donors (Lipinski definition) is 5. The van der Waals surface area contributed by atoms with E-state index in [2.05, 4.69) is 26.3 Å². The lowest BCUT2D eigenvalue weighted by Gasteiger charge is -2.29.